The van der Waals surface area contributed by atoms with E-state index in [-0.39, 0.29) is 23.5 Å². The van der Waals surface area contributed by atoms with E-state index in [1.807, 2.05) is 0 Å². The molecule has 1 fully saturated rings. The van der Waals surface area contributed by atoms with Gasteiger partial charge in [0.1, 0.15) is 5.75 Å². The molecule has 1 aromatic carbocycles. The van der Waals surface area contributed by atoms with E-state index in [0.29, 0.717) is 24.8 Å². The van der Waals surface area contributed by atoms with Gasteiger partial charge in [-0.2, -0.15) is 0 Å². The maximum absolute atomic E-state index is 12.5. The first-order valence-electron chi connectivity index (χ1n) is 9.80. The molecule has 1 amide bonds. The highest BCUT2D eigenvalue weighted by molar-refractivity contribution is 7.89. The first-order chi connectivity index (χ1) is 12.8. The third kappa shape index (κ3) is 7.14. The smallest absolute Gasteiger partial charge is 0.240 e. The van der Waals surface area contributed by atoms with E-state index in [4.69, 9.17) is 4.74 Å². The number of rotatable bonds is 10. The number of benzene rings is 1. The summed E-state index contributed by atoms with van der Waals surface area (Å²) in [6, 6.07) is 6.54. The van der Waals surface area contributed by atoms with Crippen LogP contribution in [0, 0.1) is 5.92 Å². The molecule has 1 aromatic rings. The molecule has 1 aliphatic rings. The molecule has 0 heterocycles. The highest BCUT2D eigenvalue weighted by atomic mass is 32.2. The van der Waals surface area contributed by atoms with Gasteiger partial charge < -0.3 is 9.64 Å². The van der Waals surface area contributed by atoms with Gasteiger partial charge in [0.25, 0.3) is 0 Å². The van der Waals surface area contributed by atoms with Gasteiger partial charge in [-0.3, -0.25) is 4.79 Å². The fourth-order valence-corrected chi connectivity index (χ4v) is 4.16. The number of ether oxygens (including phenoxy) is 1. The van der Waals surface area contributed by atoms with Gasteiger partial charge in [-0.05, 0) is 62.3 Å². The quantitative estimate of drug-likeness (QED) is 0.659. The van der Waals surface area contributed by atoms with Crippen molar-refractivity contribution in [2.45, 2.75) is 63.9 Å². The van der Waals surface area contributed by atoms with E-state index in [0.717, 1.165) is 19.3 Å². The van der Waals surface area contributed by atoms with E-state index in [9.17, 15) is 13.2 Å². The Morgan fingerprint density at radius 3 is 2.37 bits per heavy atom. The second-order valence-electron chi connectivity index (χ2n) is 7.58. The molecular weight excluding hydrogens is 364 g/mol. The molecule has 0 aliphatic heterocycles. The normalized spacial score (nSPS) is 15.3. The highest BCUT2D eigenvalue weighted by Gasteiger charge is 2.18. The van der Waals surface area contributed by atoms with Crippen LogP contribution in [0.3, 0.4) is 0 Å². The second-order valence-corrected chi connectivity index (χ2v) is 9.35. The van der Waals surface area contributed by atoms with Crippen LogP contribution < -0.4 is 9.46 Å². The number of hydrogen-bond acceptors (Lipinski definition) is 4. The van der Waals surface area contributed by atoms with Crippen molar-refractivity contribution < 1.29 is 17.9 Å². The molecule has 0 aromatic heterocycles. The average Bonchev–Trinajstić information content (AvgIpc) is 3.11. The van der Waals surface area contributed by atoms with Gasteiger partial charge in [0, 0.05) is 26.6 Å². The lowest BCUT2D eigenvalue weighted by atomic mass is 10.1. The minimum Gasteiger partial charge on any atom is -0.490 e. The minimum absolute atomic E-state index is 0.0386. The maximum Gasteiger partial charge on any atom is 0.240 e. The molecule has 0 atom stereocenters. The molecule has 0 bridgehead atoms. The Kier molecular flexibility index (Phi) is 8.10. The van der Waals surface area contributed by atoms with E-state index in [2.05, 4.69) is 18.6 Å². The van der Waals surface area contributed by atoms with Crippen molar-refractivity contribution in [3.8, 4) is 5.75 Å². The first-order valence-corrected chi connectivity index (χ1v) is 11.3. The van der Waals surface area contributed by atoms with Gasteiger partial charge in [-0.15, -0.1) is 0 Å². The monoisotopic (exact) mass is 396 g/mol. The Labute approximate surface area is 163 Å². The molecule has 7 heteroatoms. The third-order valence-corrected chi connectivity index (χ3v) is 6.31. The summed E-state index contributed by atoms with van der Waals surface area (Å²) in [5, 5.41) is 0. The standard InChI is InChI=1S/C20H32N2O4S/c1-16(2)12-14-22(17(3)23)15-13-21-27(24,25)20-10-8-19(9-11-20)26-18-6-4-5-7-18/h8-11,16,18,21H,4-7,12-15H2,1-3H3. The Bertz CT molecular complexity index is 695. The summed E-state index contributed by atoms with van der Waals surface area (Å²) in [5.41, 5.74) is 0. The highest BCUT2D eigenvalue weighted by Crippen LogP contribution is 2.24. The zero-order chi connectivity index (χ0) is 19.9. The number of hydrogen-bond donors (Lipinski definition) is 1. The summed E-state index contributed by atoms with van der Waals surface area (Å²) < 4.78 is 33.3. The Balaban J connectivity index is 1.86. The van der Waals surface area contributed by atoms with Crippen LogP contribution in [0.1, 0.15) is 52.9 Å². The van der Waals surface area contributed by atoms with Crippen LogP contribution in [0.2, 0.25) is 0 Å². The van der Waals surface area contributed by atoms with Crippen molar-refractivity contribution in [1.82, 2.24) is 9.62 Å². The fraction of sp³-hybridized carbons (Fsp3) is 0.650. The molecule has 2 rings (SSSR count). The molecule has 1 N–H and O–H groups in total. The molecule has 152 valence electrons. The van der Waals surface area contributed by atoms with Crippen molar-refractivity contribution in [3.63, 3.8) is 0 Å². The predicted octanol–water partition coefficient (Wildman–Crippen LogP) is 3.18. The number of amides is 1. The summed E-state index contributed by atoms with van der Waals surface area (Å²) in [6.45, 7) is 6.91. The largest absolute Gasteiger partial charge is 0.490 e. The summed E-state index contributed by atoms with van der Waals surface area (Å²) in [7, 11) is -3.60. The Morgan fingerprint density at radius 2 is 1.81 bits per heavy atom. The molecule has 0 saturated heterocycles. The number of nitrogens with zero attached hydrogens (tertiary/aromatic N) is 1. The average molecular weight is 397 g/mol. The maximum atomic E-state index is 12.5. The summed E-state index contributed by atoms with van der Waals surface area (Å²) in [5.74, 6) is 1.16. The van der Waals surface area contributed by atoms with E-state index < -0.39 is 10.0 Å². The van der Waals surface area contributed by atoms with Crippen LogP contribution in [0.4, 0.5) is 0 Å². The summed E-state index contributed by atoms with van der Waals surface area (Å²) >= 11 is 0. The SMILES string of the molecule is CC(=O)N(CCNS(=O)(=O)c1ccc(OC2CCCC2)cc1)CCC(C)C. The van der Waals surface area contributed by atoms with Crippen molar-refractivity contribution in [1.29, 1.82) is 0 Å². The van der Waals surface area contributed by atoms with Gasteiger partial charge >= 0.3 is 0 Å². The first kappa shape index (κ1) is 21.7. The number of nitrogens with one attached hydrogen (secondary N) is 1. The van der Waals surface area contributed by atoms with Gasteiger partial charge in [0.2, 0.25) is 15.9 Å². The molecule has 0 unspecified atom stereocenters. The van der Waals surface area contributed by atoms with Crippen LogP contribution in [-0.4, -0.2) is 45.0 Å². The van der Waals surface area contributed by atoms with Gasteiger partial charge in [0.05, 0.1) is 11.0 Å². The lowest BCUT2D eigenvalue weighted by molar-refractivity contribution is -0.128. The summed E-state index contributed by atoms with van der Waals surface area (Å²) in [4.78, 5) is 13.6. The fourth-order valence-electron chi connectivity index (χ4n) is 3.14. The van der Waals surface area contributed by atoms with Crippen molar-refractivity contribution in [3.05, 3.63) is 24.3 Å². The number of sulfonamides is 1. The van der Waals surface area contributed by atoms with Crippen LogP contribution in [0.15, 0.2) is 29.2 Å². The zero-order valence-electron chi connectivity index (χ0n) is 16.6. The molecule has 1 aliphatic carbocycles. The third-order valence-electron chi connectivity index (χ3n) is 4.83. The second kappa shape index (κ2) is 10.1. The number of carbonyl (C=O) groups excluding carboxylic acids is 1. The predicted molar refractivity (Wildman–Crippen MR) is 106 cm³/mol. The number of carbonyl (C=O) groups is 1. The van der Waals surface area contributed by atoms with Gasteiger partial charge in [0.15, 0.2) is 0 Å². The molecule has 6 nitrogen and oxygen atoms in total. The van der Waals surface area contributed by atoms with Crippen LogP contribution in [0.5, 0.6) is 5.75 Å². The Morgan fingerprint density at radius 1 is 1.19 bits per heavy atom. The van der Waals surface area contributed by atoms with E-state index in [1.165, 1.54) is 19.8 Å². The van der Waals surface area contributed by atoms with Crippen molar-refractivity contribution in [2.75, 3.05) is 19.6 Å². The van der Waals surface area contributed by atoms with Crippen LogP contribution >= 0.6 is 0 Å². The van der Waals surface area contributed by atoms with E-state index >= 15 is 0 Å². The van der Waals surface area contributed by atoms with Crippen LogP contribution in [0.25, 0.3) is 0 Å². The van der Waals surface area contributed by atoms with Crippen molar-refractivity contribution >= 4 is 15.9 Å². The van der Waals surface area contributed by atoms with Gasteiger partial charge in [-0.1, -0.05) is 13.8 Å². The topological polar surface area (TPSA) is 75.7 Å². The van der Waals surface area contributed by atoms with Crippen molar-refractivity contribution in [2.24, 2.45) is 5.92 Å². The molecule has 1 saturated carbocycles. The Hall–Kier alpha value is -1.60. The molecule has 0 radical (unpaired) electrons. The van der Waals surface area contributed by atoms with Gasteiger partial charge in [-0.25, -0.2) is 13.1 Å². The lowest BCUT2D eigenvalue weighted by Crippen LogP contribution is -2.38. The lowest BCUT2D eigenvalue weighted by Gasteiger charge is -2.22. The molecule has 27 heavy (non-hydrogen) atoms. The van der Waals surface area contributed by atoms with Crippen LogP contribution in [-0.2, 0) is 14.8 Å². The summed E-state index contributed by atoms with van der Waals surface area (Å²) in [6.07, 6.45) is 5.64. The van der Waals surface area contributed by atoms with E-state index in [1.54, 1.807) is 29.2 Å². The minimum atomic E-state index is -3.60. The zero-order valence-corrected chi connectivity index (χ0v) is 17.4. The molecular formula is C20H32N2O4S. The molecule has 0 spiro atoms.